The summed E-state index contributed by atoms with van der Waals surface area (Å²) in [4.78, 5) is 25.8. The molecule has 2 aromatic carbocycles. The lowest BCUT2D eigenvalue weighted by Crippen LogP contribution is -2.29. The first-order valence-corrected chi connectivity index (χ1v) is 16.4. The molecule has 47 heavy (non-hydrogen) atoms. The Morgan fingerprint density at radius 1 is 1.06 bits per heavy atom. The number of nitrogens with one attached hydrogen (secondary N) is 2. The van der Waals surface area contributed by atoms with E-state index in [-0.39, 0.29) is 23.0 Å². The summed E-state index contributed by atoms with van der Waals surface area (Å²) >= 11 is 0. The van der Waals surface area contributed by atoms with Gasteiger partial charge in [0.25, 0.3) is 0 Å². The highest BCUT2D eigenvalue weighted by Crippen LogP contribution is 2.35. The summed E-state index contributed by atoms with van der Waals surface area (Å²) in [6, 6.07) is 12.0. The van der Waals surface area contributed by atoms with Gasteiger partial charge in [0.15, 0.2) is 5.82 Å². The molecule has 0 fully saturated rings. The first kappa shape index (κ1) is 37.4. The van der Waals surface area contributed by atoms with Crippen molar-refractivity contribution in [1.82, 2.24) is 14.9 Å². The Morgan fingerprint density at radius 2 is 1.79 bits per heavy atom. The van der Waals surface area contributed by atoms with E-state index in [4.69, 9.17) is 9.72 Å². The summed E-state index contributed by atoms with van der Waals surface area (Å²) < 4.78 is 21.9. The van der Waals surface area contributed by atoms with Crippen LogP contribution >= 0.6 is 0 Å². The fraction of sp³-hybridized carbons (Fsp3) is 0.447. The van der Waals surface area contributed by atoms with Crippen molar-refractivity contribution in [3.05, 3.63) is 89.0 Å². The second-order valence-electron chi connectivity index (χ2n) is 13.4. The molecule has 0 saturated heterocycles. The molecule has 0 saturated carbocycles. The Morgan fingerprint density at radius 3 is 2.43 bits per heavy atom. The number of halogens is 1. The lowest BCUT2D eigenvalue weighted by atomic mass is 9.91. The van der Waals surface area contributed by atoms with E-state index in [1.54, 1.807) is 0 Å². The number of hydrogen-bond acceptors (Lipinski definition) is 7. The molecule has 1 amide bonds. The van der Waals surface area contributed by atoms with Crippen LogP contribution in [-0.4, -0.2) is 68.2 Å². The van der Waals surface area contributed by atoms with Crippen molar-refractivity contribution in [1.29, 1.82) is 0 Å². The van der Waals surface area contributed by atoms with Crippen LogP contribution in [-0.2, 0) is 22.4 Å². The molecule has 0 unspecified atom stereocenters. The largest absolute Gasteiger partial charge is 0.377 e. The molecule has 1 aromatic heterocycles. The number of ether oxygens (including phenoxy) is 1. The van der Waals surface area contributed by atoms with Crippen molar-refractivity contribution in [3.63, 3.8) is 0 Å². The second kappa shape index (κ2) is 17.2. The van der Waals surface area contributed by atoms with Gasteiger partial charge in [-0.1, -0.05) is 71.9 Å². The fourth-order valence-corrected chi connectivity index (χ4v) is 5.23. The molecular formula is C38H53FN6O2. The molecular weight excluding hydrogens is 591 g/mol. The minimum atomic E-state index is -0.514. The zero-order valence-electron chi connectivity index (χ0n) is 29.8. The van der Waals surface area contributed by atoms with Crippen molar-refractivity contribution in [2.45, 2.75) is 60.8 Å². The predicted molar refractivity (Wildman–Crippen MR) is 194 cm³/mol. The molecule has 254 valence electrons. The standard InChI is InChI=1S/C38H53FN6O2/c1-11-16-28-17-14-15-18-29(28)35(26(4)24-47-25-38(5,6)7)36-30(39)23-40-37(43-36)42-31-22-32(41-34(46)13-3)33(21-27(31)12-2)45(10)20-19-44(8)9/h13-15,17-18,21-23H,3,11-12,16,19-20,24-25H2,1-2,4-10H3,(H,41,46)(H,40,42,43)/b35-26-. The third kappa shape index (κ3) is 10.7. The molecule has 0 bridgehead atoms. The summed E-state index contributed by atoms with van der Waals surface area (Å²) in [6.45, 7) is 18.7. The number of aryl methyl sites for hydroxylation is 2. The predicted octanol–water partition coefficient (Wildman–Crippen LogP) is 7.88. The molecule has 0 atom stereocenters. The fourth-order valence-electron chi connectivity index (χ4n) is 5.23. The maximum absolute atomic E-state index is 15.8. The molecule has 0 spiro atoms. The van der Waals surface area contributed by atoms with Gasteiger partial charge >= 0.3 is 0 Å². The number of carbonyl (C=O) groups is 1. The van der Waals surface area contributed by atoms with E-state index in [0.717, 1.165) is 59.6 Å². The minimum absolute atomic E-state index is 0.00446. The van der Waals surface area contributed by atoms with Crippen LogP contribution in [0.5, 0.6) is 0 Å². The van der Waals surface area contributed by atoms with E-state index in [9.17, 15) is 4.79 Å². The van der Waals surface area contributed by atoms with E-state index in [2.05, 4.69) is 78.7 Å². The first-order chi connectivity index (χ1) is 22.3. The number of carbonyl (C=O) groups excluding carboxylic acids is 1. The molecule has 0 aliphatic heterocycles. The van der Waals surface area contributed by atoms with Crippen molar-refractivity contribution >= 4 is 34.5 Å². The van der Waals surface area contributed by atoms with E-state index >= 15 is 4.39 Å². The summed E-state index contributed by atoms with van der Waals surface area (Å²) in [7, 11) is 6.06. The third-order valence-corrected chi connectivity index (χ3v) is 7.65. The molecule has 2 N–H and O–H groups in total. The smallest absolute Gasteiger partial charge is 0.247 e. The maximum Gasteiger partial charge on any atom is 0.247 e. The molecule has 9 heteroatoms. The Balaban J connectivity index is 2.13. The van der Waals surface area contributed by atoms with Gasteiger partial charge in [-0.15, -0.1) is 0 Å². The molecule has 3 aromatic rings. The number of likely N-dealkylation sites (N-methyl/N-ethyl adjacent to an activating group) is 2. The topological polar surface area (TPSA) is 82.6 Å². The number of anilines is 4. The maximum atomic E-state index is 15.8. The van der Waals surface area contributed by atoms with Crippen molar-refractivity contribution in [2.24, 2.45) is 5.41 Å². The monoisotopic (exact) mass is 644 g/mol. The van der Waals surface area contributed by atoms with Crippen molar-refractivity contribution < 1.29 is 13.9 Å². The molecule has 0 radical (unpaired) electrons. The van der Waals surface area contributed by atoms with E-state index < -0.39 is 5.82 Å². The van der Waals surface area contributed by atoms with Gasteiger partial charge in [-0.25, -0.2) is 14.4 Å². The molecule has 3 rings (SSSR count). The van der Waals surface area contributed by atoms with Gasteiger partial charge in [0.2, 0.25) is 11.9 Å². The highest BCUT2D eigenvalue weighted by molar-refractivity contribution is 6.02. The number of aromatic nitrogens is 2. The summed E-state index contributed by atoms with van der Waals surface area (Å²) in [5, 5.41) is 6.30. The number of amides is 1. The number of rotatable bonds is 16. The third-order valence-electron chi connectivity index (χ3n) is 7.65. The highest BCUT2D eigenvalue weighted by atomic mass is 19.1. The Hall–Kier alpha value is -4.08. The SMILES string of the molecule is C=CC(=O)Nc1cc(Nc2ncc(F)c(/C(=C(/C)COCC(C)(C)C)c3ccccc3CCC)n2)c(CC)cc1N(C)CCN(C)C. The van der Waals surface area contributed by atoms with Gasteiger partial charge in [0, 0.05) is 31.4 Å². The Bertz CT molecular complexity index is 1560. The Labute approximate surface area is 281 Å². The van der Waals surface area contributed by atoms with Gasteiger partial charge in [-0.3, -0.25) is 4.79 Å². The van der Waals surface area contributed by atoms with E-state index in [1.165, 1.54) is 12.3 Å². The van der Waals surface area contributed by atoms with Crippen LogP contribution in [0.2, 0.25) is 0 Å². The van der Waals surface area contributed by atoms with E-state index in [1.807, 2.05) is 52.3 Å². The van der Waals surface area contributed by atoms with Crippen LogP contribution < -0.4 is 15.5 Å². The van der Waals surface area contributed by atoms with Gasteiger partial charge in [-0.05, 0) is 79.7 Å². The van der Waals surface area contributed by atoms with Crippen LogP contribution in [0.25, 0.3) is 5.57 Å². The molecule has 0 aliphatic rings. The lowest BCUT2D eigenvalue weighted by Gasteiger charge is -2.26. The molecule has 1 heterocycles. The number of hydrogen-bond donors (Lipinski definition) is 2. The zero-order chi connectivity index (χ0) is 34.7. The first-order valence-electron chi connectivity index (χ1n) is 16.4. The summed E-state index contributed by atoms with van der Waals surface area (Å²) in [5.74, 6) is -0.577. The van der Waals surface area contributed by atoms with Gasteiger partial charge in [0.05, 0.1) is 30.8 Å². The van der Waals surface area contributed by atoms with Gasteiger partial charge in [0.1, 0.15) is 5.69 Å². The van der Waals surface area contributed by atoms with Crippen molar-refractivity contribution in [2.75, 3.05) is 63.0 Å². The molecule has 0 aliphatic carbocycles. The summed E-state index contributed by atoms with van der Waals surface area (Å²) in [5.41, 5.74) is 7.08. The second-order valence-corrected chi connectivity index (χ2v) is 13.4. The number of nitrogens with zero attached hydrogens (tertiary/aromatic N) is 4. The normalized spacial score (nSPS) is 12.1. The average Bonchev–Trinajstić information content (AvgIpc) is 3.01. The summed E-state index contributed by atoms with van der Waals surface area (Å²) in [6.07, 6.45) is 4.97. The zero-order valence-corrected chi connectivity index (χ0v) is 29.8. The van der Waals surface area contributed by atoms with Crippen LogP contribution in [0.4, 0.5) is 27.4 Å². The van der Waals surface area contributed by atoms with Gasteiger partial charge < -0.3 is 25.2 Å². The lowest BCUT2D eigenvalue weighted by molar-refractivity contribution is -0.111. The Kier molecular flexibility index (Phi) is 13.7. The van der Waals surface area contributed by atoms with Crippen molar-refractivity contribution in [3.8, 4) is 0 Å². The van der Waals surface area contributed by atoms with Crippen LogP contribution in [0.3, 0.4) is 0 Å². The van der Waals surface area contributed by atoms with E-state index in [0.29, 0.717) is 30.9 Å². The minimum Gasteiger partial charge on any atom is -0.377 e. The average molecular weight is 645 g/mol. The molecule has 8 nitrogen and oxygen atoms in total. The number of benzene rings is 2. The van der Waals surface area contributed by atoms with Crippen LogP contribution in [0, 0.1) is 11.2 Å². The highest BCUT2D eigenvalue weighted by Gasteiger charge is 2.21. The quantitative estimate of drug-likeness (QED) is 0.154. The van der Waals surface area contributed by atoms with Crippen LogP contribution in [0.1, 0.15) is 70.3 Å². The van der Waals surface area contributed by atoms with Gasteiger partial charge in [-0.2, -0.15) is 0 Å². The van der Waals surface area contributed by atoms with Crippen LogP contribution in [0.15, 0.2) is 60.8 Å².